The minimum atomic E-state index is 0.204. The number of rotatable bonds is 5. The number of aromatic amines is 1. The standard InChI is InChI=1S/C17H21N5O/c23-8-6-16(12-3-1-2-4-12)22-11-13(9-20-22)15-10-19-21-17-14(15)5-7-18-17/h5,7,9-12,16,23H,1-4,6,8H2,(H,18,21)/t16-/m0/s1. The molecular weight excluding hydrogens is 290 g/mol. The van der Waals surface area contributed by atoms with Crippen molar-refractivity contribution >= 4 is 11.0 Å². The molecule has 6 heteroatoms. The van der Waals surface area contributed by atoms with Crippen LogP contribution in [0.4, 0.5) is 0 Å². The molecule has 1 aliphatic rings. The summed E-state index contributed by atoms with van der Waals surface area (Å²) in [5, 5.41) is 23.2. The highest BCUT2D eigenvalue weighted by molar-refractivity contribution is 5.91. The molecule has 0 spiro atoms. The summed E-state index contributed by atoms with van der Waals surface area (Å²) in [6, 6.07) is 2.30. The fourth-order valence-electron chi connectivity index (χ4n) is 3.82. The molecule has 0 amide bonds. The third kappa shape index (κ3) is 2.63. The lowest BCUT2D eigenvalue weighted by Gasteiger charge is -2.23. The highest BCUT2D eigenvalue weighted by atomic mass is 16.3. The Hall–Kier alpha value is -2.21. The summed E-state index contributed by atoms with van der Waals surface area (Å²) in [6.07, 6.45) is 13.5. The van der Waals surface area contributed by atoms with Gasteiger partial charge in [-0.05, 0) is 31.2 Å². The van der Waals surface area contributed by atoms with Crippen LogP contribution in [0.5, 0.6) is 0 Å². The van der Waals surface area contributed by atoms with Crippen LogP contribution in [0.2, 0.25) is 0 Å². The zero-order chi connectivity index (χ0) is 15.6. The van der Waals surface area contributed by atoms with Crippen molar-refractivity contribution in [2.45, 2.75) is 38.1 Å². The van der Waals surface area contributed by atoms with E-state index in [1.165, 1.54) is 25.7 Å². The number of fused-ring (bicyclic) bond motifs is 1. The van der Waals surface area contributed by atoms with Gasteiger partial charge in [-0.25, -0.2) is 0 Å². The zero-order valence-corrected chi connectivity index (χ0v) is 13.0. The Bertz CT molecular complexity index is 787. The average molecular weight is 311 g/mol. The van der Waals surface area contributed by atoms with E-state index < -0.39 is 0 Å². The van der Waals surface area contributed by atoms with Gasteiger partial charge in [-0.2, -0.15) is 10.2 Å². The van der Waals surface area contributed by atoms with E-state index in [0.29, 0.717) is 5.92 Å². The molecule has 3 heterocycles. The molecule has 0 radical (unpaired) electrons. The first-order chi connectivity index (χ1) is 11.4. The van der Waals surface area contributed by atoms with Gasteiger partial charge in [0, 0.05) is 35.5 Å². The summed E-state index contributed by atoms with van der Waals surface area (Å²) < 4.78 is 2.04. The number of H-pyrrole nitrogens is 1. The molecule has 120 valence electrons. The molecule has 4 rings (SSSR count). The van der Waals surface area contributed by atoms with Gasteiger partial charge in [-0.3, -0.25) is 4.68 Å². The molecule has 1 atom stereocenters. The van der Waals surface area contributed by atoms with Crippen molar-refractivity contribution in [1.29, 1.82) is 0 Å². The molecule has 6 nitrogen and oxygen atoms in total. The highest BCUT2D eigenvalue weighted by Crippen LogP contribution is 2.36. The molecule has 23 heavy (non-hydrogen) atoms. The summed E-state index contributed by atoms with van der Waals surface area (Å²) in [5.41, 5.74) is 2.88. The van der Waals surface area contributed by atoms with Gasteiger partial charge in [0.15, 0.2) is 5.65 Å². The number of aromatic nitrogens is 5. The number of nitrogens with one attached hydrogen (secondary N) is 1. The maximum absolute atomic E-state index is 9.43. The van der Waals surface area contributed by atoms with Crippen LogP contribution in [0.25, 0.3) is 22.2 Å². The Labute approximate surface area is 134 Å². The van der Waals surface area contributed by atoms with Gasteiger partial charge in [-0.15, -0.1) is 5.10 Å². The molecule has 0 unspecified atom stereocenters. The fourth-order valence-corrected chi connectivity index (χ4v) is 3.82. The Kier molecular flexibility index (Phi) is 3.83. The van der Waals surface area contributed by atoms with Crippen LogP contribution in [0.15, 0.2) is 30.9 Å². The van der Waals surface area contributed by atoms with Crippen molar-refractivity contribution in [2.24, 2.45) is 5.92 Å². The minimum absolute atomic E-state index is 0.204. The lowest BCUT2D eigenvalue weighted by molar-refractivity contribution is 0.211. The van der Waals surface area contributed by atoms with E-state index in [1.807, 2.05) is 23.1 Å². The Morgan fingerprint density at radius 2 is 2.17 bits per heavy atom. The van der Waals surface area contributed by atoms with E-state index in [0.717, 1.165) is 28.6 Å². The lowest BCUT2D eigenvalue weighted by Crippen LogP contribution is -2.19. The SMILES string of the molecule is OCC[C@@H](C1CCCC1)n1cc(-c2cnnc3[nH]ccc23)cn1. The van der Waals surface area contributed by atoms with Crippen LogP contribution in [0.3, 0.4) is 0 Å². The Balaban J connectivity index is 1.68. The van der Waals surface area contributed by atoms with E-state index in [1.54, 1.807) is 6.20 Å². The highest BCUT2D eigenvalue weighted by Gasteiger charge is 2.26. The second kappa shape index (κ2) is 6.12. The van der Waals surface area contributed by atoms with Gasteiger partial charge in [0.1, 0.15) is 0 Å². The maximum Gasteiger partial charge on any atom is 0.160 e. The van der Waals surface area contributed by atoms with Crippen LogP contribution in [0, 0.1) is 5.92 Å². The Morgan fingerprint density at radius 3 is 3.00 bits per heavy atom. The predicted octanol–water partition coefficient (Wildman–Crippen LogP) is 2.94. The van der Waals surface area contributed by atoms with Crippen LogP contribution < -0.4 is 0 Å². The van der Waals surface area contributed by atoms with Crippen LogP contribution >= 0.6 is 0 Å². The van der Waals surface area contributed by atoms with Crippen molar-refractivity contribution in [3.8, 4) is 11.1 Å². The molecule has 0 bridgehead atoms. The van der Waals surface area contributed by atoms with E-state index in [2.05, 4.69) is 26.5 Å². The minimum Gasteiger partial charge on any atom is -0.396 e. The van der Waals surface area contributed by atoms with Gasteiger partial charge in [0.05, 0.1) is 18.4 Å². The van der Waals surface area contributed by atoms with Crippen molar-refractivity contribution in [3.05, 3.63) is 30.9 Å². The second-order valence-corrected chi connectivity index (χ2v) is 6.33. The number of nitrogens with zero attached hydrogens (tertiary/aromatic N) is 4. The molecule has 0 saturated heterocycles. The van der Waals surface area contributed by atoms with E-state index in [9.17, 15) is 5.11 Å². The van der Waals surface area contributed by atoms with Crippen molar-refractivity contribution in [2.75, 3.05) is 6.61 Å². The van der Waals surface area contributed by atoms with Gasteiger partial charge >= 0.3 is 0 Å². The number of aliphatic hydroxyl groups is 1. The van der Waals surface area contributed by atoms with Gasteiger partial charge < -0.3 is 10.1 Å². The van der Waals surface area contributed by atoms with Crippen molar-refractivity contribution in [3.63, 3.8) is 0 Å². The van der Waals surface area contributed by atoms with Crippen molar-refractivity contribution < 1.29 is 5.11 Å². The summed E-state index contributed by atoms with van der Waals surface area (Å²) in [6.45, 7) is 0.204. The summed E-state index contributed by atoms with van der Waals surface area (Å²) in [5.74, 6) is 0.623. The molecule has 1 fully saturated rings. The summed E-state index contributed by atoms with van der Waals surface area (Å²) in [4.78, 5) is 3.09. The molecule has 0 aliphatic heterocycles. The fraction of sp³-hybridized carbons (Fsp3) is 0.471. The van der Waals surface area contributed by atoms with E-state index in [4.69, 9.17) is 0 Å². The Morgan fingerprint density at radius 1 is 1.30 bits per heavy atom. The molecule has 1 saturated carbocycles. The smallest absolute Gasteiger partial charge is 0.160 e. The largest absolute Gasteiger partial charge is 0.396 e. The number of hydrogen-bond acceptors (Lipinski definition) is 4. The third-order valence-electron chi connectivity index (χ3n) is 4.98. The topological polar surface area (TPSA) is 79.6 Å². The number of aliphatic hydroxyl groups excluding tert-OH is 1. The molecule has 3 aromatic heterocycles. The van der Waals surface area contributed by atoms with Crippen LogP contribution in [0.1, 0.15) is 38.1 Å². The normalized spacial score (nSPS) is 17.1. The quantitative estimate of drug-likeness (QED) is 0.759. The molecule has 1 aliphatic carbocycles. The molecule has 3 aromatic rings. The monoisotopic (exact) mass is 311 g/mol. The summed E-state index contributed by atoms with van der Waals surface area (Å²) >= 11 is 0. The van der Waals surface area contributed by atoms with Gasteiger partial charge in [0.25, 0.3) is 0 Å². The first kappa shape index (κ1) is 14.4. The summed E-state index contributed by atoms with van der Waals surface area (Å²) in [7, 11) is 0. The predicted molar refractivity (Wildman–Crippen MR) is 87.8 cm³/mol. The second-order valence-electron chi connectivity index (χ2n) is 6.33. The van der Waals surface area contributed by atoms with E-state index >= 15 is 0 Å². The first-order valence-electron chi connectivity index (χ1n) is 8.31. The van der Waals surface area contributed by atoms with E-state index in [-0.39, 0.29) is 12.6 Å². The van der Waals surface area contributed by atoms with Gasteiger partial charge in [-0.1, -0.05) is 12.8 Å². The lowest BCUT2D eigenvalue weighted by atomic mass is 9.96. The van der Waals surface area contributed by atoms with Crippen LogP contribution in [-0.4, -0.2) is 36.7 Å². The average Bonchev–Trinajstić information content (AvgIpc) is 3.32. The van der Waals surface area contributed by atoms with Crippen LogP contribution in [-0.2, 0) is 0 Å². The zero-order valence-electron chi connectivity index (χ0n) is 13.0. The first-order valence-corrected chi connectivity index (χ1v) is 8.31. The molecule has 2 N–H and O–H groups in total. The molecular formula is C17H21N5O. The number of hydrogen-bond donors (Lipinski definition) is 2. The molecule has 0 aromatic carbocycles. The maximum atomic E-state index is 9.43. The third-order valence-corrected chi connectivity index (χ3v) is 4.98. The van der Waals surface area contributed by atoms with Gasteiger partial charge in [0.2, 0.25) is 0 Å². The van der Waals surface area contributed by atoms with Crippen molar-refractivity contribution in [1.82, 2.24) is 25.0 Å².